The number of H-pyrrole nitrogens is 1. The molecule has 0 atom stereocenters. The van der Waals surface area contributed by atoms with Crippen LogP contribution in [0.5, 0.6) is 5.75 Å². The lowest BCUT2D eigenvalue weighted by molar-refractivity contribution is -0.144. The number of Topliss-reactive ketones (excluding diaryl/α,β-unsaturated/α-hetero) is 1. The first-order valence-corrected chi connectivity index (χ1v) is 8.29. The van der Waals surface area contributed by atoms with Gasteiger partial charge in [-0.2, -0.15) is 0 Å². The number of aromatic nitrogens is 1. The van der Waals surface area contributed by atoms with Gasteiger partial charge in [-0.15, -0.1) is 0 Å². The molecule has 0 aliphatic heterocycles. The Morgan fingerprint density at radius 3 is 2.38 bits per heavy atom. The Balaban J connectivity index is 1.53. The van der Waals surface area contributed by atoms with Crippen LogP contribution < -0.4 is 4.74 Å². The van der Waals surface area contributed by atoms with E-state index in [0.717, 1.165) is 11.1 Å². The van der Waals surface area contributed by atoms with Crippen LogP contribution in [0.3, 0.4) is 0 Å². The highest BCUT2D eigenvalue weighted by atomic mass is 16.6. The zero-order chi connectivity index (χ0) is 18.2. The summed E-state index contributed by atoms with van der Waals surface area (Å²) in [6.07, 6.45) is 2.35. The van der Waals surface area contributed by atoms with Crippen LogP contribution in [0, 0.1) is 0 Å². The molecule has 0 amide bonds. The third-order valence-corrected chi connectivity index (χ3v) is 3.82. The van der Waals surface area contributed by atoms with E-state index in [1.54, 1.807) is 18.3 Å². The molecule has 26 heavy (non-hydrogen) atoms. The van der Waals surface area contributed by atoms with E-state index in [4.69, 9.17) is 9.47 Å². The quantitative estimate of drug-likeness (QED) is 0.500. The number of nitrogens with one attached hydrogen (secondary N) is 1. The molecule has 0 aliphatic carbocycles. The molecule has 3 rings (SSSR count). The number of rotatable bonds is 8. The molecule has 3 aromatic rings. The van der Waals surface area contributed by atoms with E-state index in [9.17, 15) is 9.59 Å². The maximum absolute atomic E-state index is 11.9. The number of carbonyl (C=O) groups excluding carboxylic acids is 2. The van der Waals surface area contributed by atoms with Crippen LogP contribution in [-0.2, 0) is 16.0 Å². The average Bonchev–Trinajstić information content (AvgIpc) is 3.21. The summed E-state index contributed by atoms with van der Waals surface area (Å²) in [6, 6.07) is 20.9. The van der Waals surface area contributed by atoms with Crippen molar-refractivity contribution in [2.24, 2.45) is 0 Å². The van der Waals surface area contributed by atoms with Crippen LogP contribution in [0.4, 0.5) is 0 Å². The summed E-state index contributed by atoms with van der Waals surface area (Å²) in [6.45, 7) is -0.557. The molecule has 1 heterocycles. The molecule has 5 heteroatoms. The lowest BCUT2D eigenvalue weighted by atomic mass is 10.0. The van der Waals surface area contributed by atoms with Crippen molar-refractivity contribution in [3.63, 3.8) is 0 Å². The first-order valence-electron chi connectivity index (χ1n) is 8.29. The lowest BCUT2D eigenvalue weighted by Crippen LogP contribution is -2.20. The number of hydrogen-bond donors (Lipinski definition) is 1. The third kappa shape index (κ3) is 4.83. The summed E-state index contributed by atoms with van der Waals surface area (Å²) in [7, 11) is 0. The number of ether oxygens (including phenoxy) is 2. The molecule has 132 valence electrons. The number of aromatic amines is 1. The molecule has 0 spiro atoms. The van der Waals surface area contributed by atoms with Gasteiger partial charge >= 0.3 is 5.97 Å². The van der Waals surface area contributed by atoms with Crippen LogP contribution >= 0.6 is 0 Å². The second kappa shape index (κ2) is 8.67. The minimum Gasteiger partial charge on any atom is -0.482 e. The fraction of sp³-hybridized carbons (Fsp3) is 0.143. The van der Waals surface area contributed by atoms with Crippen LogP contribution in [0.15, 0.2) is 72.9 Å². The minimum absolute atomic E-state index is 0.246. The van der Waals surface area contributed by atoms with Crippen molar-refractivity contribution >= 4 is 11.8 Å². The number of carbonyl (C=O) groups is 2. The summed E-state index contributed by atoms with van der Waals surface area (Å²) < 4.78 is 10.6. The smallest absolute Gasteiger partial charge is 0.344 e. The lowest BCUT2D eigenvalue weighted by Gasteiger charge is -2.11. The van der Waals surface area contributed by atoms with Gasteiger partial charge in [-0.1, -0.05) is 48.5 Å². The molecule has 5 nitrogen and oxygen atoms in total. The fourth-order valence-corrected chi connectivity index (χ4v) is 2.51. The molecular formula is C21H19NO4. The van der Waals surface area contributed by atoms with Crippen molar-refractivity contribution in [2.45, 2.75) is 6.42 Å². The van der Waals surface area contributed by atoms with E-state index in [0.29, 0.717) is 17.9 Å². The van der Waals surface area contributed by atoms with Crippen molar-refractivity contribution in [3.8, 4) is 5.75 Å². The molecule has 0 saturated heterocycles. The summed E-state index contributed by atoms with van der Waals surface area (Å²) in [5.41, 5.74) is 2.54. The van der Waals surface area contributed by atoms with Crippen LogP contribution in [0.1, 0.15) is 21.6 Å². The van der Waals surface area contributed by atoms with Crippen molar-refractivity contribution < 1.29 is 19.1 Å². The maximum Gasteiger partial charge on any atom is 0.344 e. The summed E-state index contributed by atoms with van der Waals surface area (Å²) in [4.78, 5) is 26.4. The highest BCUT2D eigenvalue weighted by Crippen LogP contribution is 2.21. The van der Waals surface area contributed by atoms with E-state index in [2.05, 4.69) is 4.98 Å². The Morgan fingerprint density at radius 1 is 0.846 bits per heavy atom. The Kier molecular flexibility index (Phi) is 5.83. The molecule has 0 unspecified atom stereocenters. The van der Waals surface area contributed by atoms with E-state index in [-0.39, 0.29) is 19.0 Å². The minimum atomic E-state index is -0.584. The largest absolute Gasteiger partial charge is 0.482 e. The number of para-hydroxylation sites is 1. The first-order chi connectivity index (χ1) is 12.7. The van der Waals surface area contributed by atoms with Gasteiger partial charge in [-0.05, 0) is 29.3 Å². The SMILES string of the molecule is O=C(COc1ccccc1Cc1ccccc1)OCC(=O)c1ccc[nH]1. The van der Waals surface area contributed by atoms with E-state index < -0.39 is 5.97 Å². The first kappa shape index (κ1) is 17.5. The van der Waals surface area contributed by atoms with E-state index in [1.807, 2.05) is 54.6 Å². The zero-order valence-corrected chi connectivity index (χ0v) is 14.2. The normalized spacial score (nSPS) is 10.3. The monoisotopic (exact) mass is 349 g/mol. The number of ketones is 1. The van der Waals surface area contributed by atoms with Gasteiger partial charge in [0.05, 0.1) is 5.69 Å². The number of hydrogen-bond acceptors (Lipinski definition) is 4. The Morgan fingerprint density at radius 2 is 1.62 bits per heavy atom. The van der Waals surface area contributed by atoms with Gasteiger partial charge in [0, 0.05) is 12.6 Å². The molecule has 0 radical (unpaired) electrons. The van der Waals surface area contributed by atoms with Gasteiger partial charge in [0.1, 0.15) is 5.75 Å². The van der Waals surface area contributed by atoms with Gasteiger partial charge in [0.25, 0.3) is 0 Å². The Labute approximate surface area is 151 Å². The Hall–Kier alpha value is -3.34. The molecule has 0 aliphatic rings. The van der Waals surface area contributed by atoms with Gasteiger partial charge < -0.3 is 14.5 Å². The van der Waals surface area contributed by atoms with Crippen LogP contribution in [-0.4, -0.2) is 30.0 Å². The molecule has 0 fully saturated rings. The maximum atomic E-state index is 11.9. The molecule has 2 aromatic carbocycles. The van der Waals surface area contributed by atoms with Crippen LogP contribution in [0.2, 0.25) is 0 Å². The highest BCUT2D eigenvalue weighted by Gasteiger charge is 2.12. The molecule has 1 N–H and O–H groups in total. The topological polar surface area (TPSA) is 68.4 Å². The number of esters is 1. The average molecular weight is 349 g/mol. The molecule has 1 aromatic heterocycles. The van der Waals surface area contributed by atoms with Crippen molar-refractivity contribution in [3.05, 3.63) is 89.7 Å². The predicted molar refractivity (Wildman–Crippen MR) is 97.3 cm³/mol. The summed E-state index contributed by atoms with van der Waals surface area (Å²) in [5.74, 6) is -0.240. The second-order valence-corrected chi connectivity index (χ2v) is 5.73. The van der Waals surface area contributed by atoms with Gasteiger partial charge in [-0.3, -0.25) is 4.79 Å². The molecule has 0 saturated carbocycles. The van der Waals surface area contributed by atoms with Crippen molar-refractivity contribution in [1.82, 2.24) is 4.98 Å². The van der Waals surface area contributed by atoms with Gasteiger partial charge in [-0.25, -0.2) is 4.79 Å². The zero-order valence-electron chi connectivity index (χ0n) is 14.2. The summed E-state index contributed by atoms with van der Waals surface area (Å²) >= 11 is 0. The molecular weight excluding hydrogens is 330 g/mol. The second-order valence-electron chi connectivity index (χ2n) is 5.73. The van der Waals surface area contributed by atoms with Gasteiger partial charge in [0.2, 0.25) is 5.78 Å². The fourth-order valence-electron chi connectivity index (χ4n) is 2.51. The molecule has 0 bridgehead atoms. The van der Waals surface area contributed by atoms with E-state index >= 15 is 0 Å². The van der Waals surface area contributed by atoms with E-state index in [1.165, 1.54) is 0 Å². The predicted octanol–water partition coefficient (Wildman–Crippen LogP) is 3.41. The van der Waals surface area contributed by atoms with Crippen molar-refractivity contribution in [1.29, 1.82) is 0 Å². The Bertz CT molecular complexity index is 857. The third-order valence-electron chi connectivity index (χ3n) is 3.82. The highest BCUT2D eigenvalue weighted by molar-refractivity contribution is 5.96. The summed E-state index contributed by atoms with van der Waals surface area (Å²) in [5, 5.41) is 0. The standard InChI is InChI=1S/C21H19NO4/c23-19(18-10-6-12-22-18)14-26-21(24)15-25-20-11-5-4-9-17(20)13-16-7-2-1-3-8-16/h1-12,22H,13-15H2. The number of benzene rings is 2. The van der Waals surface area contributed by atoms with Crippen molar-refractivity contribution in [2.75, 3.05) is 13.2 Å². The van der Waals surface area contributed by atoms with Gasteiger partial charge in [0.15, 0.2) is 13.2 Å². The van der Waals surface area contributed by atoms with Crippen LogP contribution in [0.25, 0.3) is 0 Å².